The second-order valence-electron chi connectivity index (χ2n) is 6.04. The van der Waals surface area contributed by atoms with Gasteiger partial charge in [0.15, 0.2) is 0 Å². The summed E-state index contributed by atoms with van der Waals surface area (Å²) in [5.74, 6) is 1.52. The van der Waals surface area contributed by atoms with Gasteiger partial charge in [0, 0.05) is 13.0 Å². The summed E-state index contributed by atoms with van der Waals surface area (Å²) in [5, 5.41) is 3.11. The van der Waals surface area contributed by atoms with Crippen molar-refractivity contribution in [3.8, 4) is 0 Å². The number of amides is 1. The van der Waals surface area contributed by atoms with E-state index in [0.717, 1.165) is 12.8 Å². The van der Waals surface area contributed by atoms with E-state index in [1.165, 1.54) is 12.8 Å². The van der Waals surface area contributed by atoms with Crippen LogP contribution in [0.15, 0.2) is 0 Å². The van der Waals surface area contributed by atoms with Crippen LogP contribution in [-0.2, 0) is 4.79 Å². The third kappa shape index (κ3) is 2.78. The van der Waals surface area contributed by atoms with Gasteiger partial charge in [-0.05, 0) is 36.5 Å². The van der Waals surface area contributed by atoms with E-state index in [0.29, 0.717) is 23.3 Å². The van der Waals surface area contributed by atoms with Crippen molar-refractivity contribution in [3.63, 3.8) is 0 Å². The van der Waals surface area contributed by atoms with Crippen LogP contribution in [0.1, 0.15) is 60.3 Å². The van der Waals surface area contributed by atoms with Crippen LogP contribution in [0, 0.1) is 17.3 Å². The number of carbonyl (C=O) groups excluding carboxylic acids is 1. The lowest BCUT2D eigenvalue weighted by Gasteiger charge is -2.47. The van der Waals surface area contributed by atoms with Crippen molar-refractivity contribution in [2.75, 3.05) is 0 Å². The van der Waals surface area contributed by atoms with Crippen LogP contribution in [0.5, 0.6) is 0 Å². The number of rotatable bonds is 3. The van der Waals surface area contributed by atoms with Crippen molar-refractivity contribution in [1.29, 1.82) is 0 Å². The van der Waals surface area contributed by atoms with E-state index in [1.807, 2.05) is 0 Å². The molecule has 94 valence electrons. The smallest absolute Gasteiger partial charge is 0.217 e. The van der Waals surface area contributed by atoms with Gasteiger partial charge in [0.25, 0.3) is 0 Å². The van der Waals surface area contributed by atoms with Gasteiger partial charge in [-0.1, -0.05) is 34.1 Å². The first-order valence-electron chi connectivity index (χ1n) is 6.65. The van der Waals surface area contributed by atoms with Gasteiger partial charge < -0.3 is 5.32 Å². The standard InChI is InChI=1S/C14H27NO/c1-10(2)14(11(3)4)8-6-7-13(9-14)15-12(5)16/h10-11,13H,6-9H2,1-5H3,(H,15,16). The summed E-state index contributed by atoms with van der Waals surface area (Å²) in [6.07, 6.45) is 4.88. The van der Waals surface area contributed by atoms with E-state index in [2.05, 4.69) is 33.0 Å². The first-order chi connectivity index (χ1) is 7.38. The minimum absolute atomic E-state index is 0.119. The fourth-order valence-corrected chi connectivity index (χ4v) is 3.47. The first kappa shape index (κ1) is 13.5. The van der Waals surface area contributed by atoms with Gasteiger partial charge in [-0.2, -0.15) is 0 Å². The third-order valence-electron chi connectivity index (χ3n) is 4.53. The molecule has 0 aromatic rings. The lowest BCUT2D eigenvalue weighted by molar-refractivity contribution is -0.120. The minimum atomic E-state index is 0.119. The summed E-state index contributed by atoms with van der Waals surface area (Å²) in [4.78, 5) is 11.2. The topological polar surface area (TPSA) is 29.1 Å². The van der Waals surface area contributed by atoms with Gasteiger partial charge in [0.05, 0.1) is 0 Å². The lowest BCUT2D eigenvalue weighted by atomic mass is 9.60. The molecule has 1 aliphatic carbocycles. The van der Waals surface area contributed by atoms with Crippen LogP contribution in [-0.4, -0.2) is 11.9 Å². The largest absolute Gasteiger partial charge is 0.354 e. The Hall–Kier alpha value is -0.530. The molecule has 1 atom stereocenters. The molecule has 1 fully saturated rings. The SMILES string of the molecule is CC(=O)NC1CCCC(C(C)C)(C(C)C)C1. The highest BCUT2D eigenvalue weighted by atomic mass is 16.1. The molecule has 0 saturated heterocycles. The number of nitrogens with one attached hydrogen (secondary N) is 1. The lowest BCUT2D eigenvalue weighted by Crippen LogP contribution is -2.46. The van der Waals surface area contributed by atoms with Gasteiger partial charge >= 0.3 is 0 Å². The highest BCUT2D eigenvalue weighted by Crippen LogP contribution is 2.48. The number of hydrogen-bond acceptors (Lipinski definition) is 1. The molecule has 1 amide bonds. The molecule has 1 unspecified atom stereocenters. The van der Waals surface area contributed by atoms with E-state index in [1.54, 1.807) is 6.92 Å². The normalized spacial score (nSPS) is 24.8. The molecule has 0 spiro atoms. The molecule has 2 heteroatoms. The summed E-state index contributed by atoms with van der Waals surface area (Å²) in [5.41, 5.74) is 0.422. The zero-order chi connectivity index (χ0) is 12.3. The Morgan fingerprint density at radius 1 is 1.25 bits per heavy atom. The van der Waals surface area contributed by atoms with E-state index < -0.39 is 0 Å². The Morgan fingerprint density at radius 2 is 1.81 bits per heavy atom. The van der Waals surface area contributed by atoms with Crippen LogP contribution in [0.4, 0.5) is 0 Å². The molecule has 1 aliphatic rings. The molecule has 2 nitrogen and oxygen atoms in total. The van der Waals surface area contributed by atoms with Crippen molar-refractivity contribution in [2.45, 2.75) is 66.3 Å². The van der Waals surface area contributed by atoms with Crippen molar-refractivity contribution < 1.29 is 4.79 Å². The number of carbonyl (C=O) groups is 1. The highest BCUT2D eigenvalue weighted by molar-refractivity contribution is 5.73. The minimum Gasteiger partial charge on any atom is -0.354 e. The molecule has 1 N–H and O–H groups in total. The summed E-state index contributed by atoms with van der Waals surface area (Å²) < 4.78 is 0. The number of hydrogen-bond donors (Lipinski definition) is 1. The van der Waals surface area contributed by atoms with Crippen molar-refractivity contribution >= 4 is 5.91 Å². The Kier molecular flexibility index (Phi) is 4.40. The van der Waals surface area contributed by atoms with Crippen molar-refractivity contribution in [1.82, 2.24) is 5.32 Å². The van der Waals surface area contributed by atoms with Crippen molar-refractivity contribution in [2.24, 2.45) is 17.3 Å². The first-order valence-corrected chi connectivity index (χ1v) is 6.65. The molecule has 1 rings (SSSR count). The monoisotopic (exact) mass is 225 g/mol. The molecular weight excluding hydrogens is 198 g/mol. The Bertz CT molecular complexity index is 237. The maximum absolute atomic E-state index is 11.2. The third-order valence-corrected chi connectivity index (χ3v) is 4.53. The fraction of sp³-hybridized carbons (Fsp3) is 0.929. The van der Waals surface area contributed by atoms with Crippen LogP contribution in [0.3, 0.4) is 0 Å². The van der Waals surface area contributed by atoms with E-state index in [9.17, 15) is 4.79 Å². The van der Waals surface area contributed by atoms with Crippen LogP contribution in [0.2, 0.25) is 0 Å². The average molecular weight is 225 g/mol. The van der Waals surface area contributed by atoms with E-state index in [-0.39, 0.29) is 5.91 Å². The molecule has 16 heavy (non-hydrogen) atoms. The van der Waals surface area contributed by atoms with Gasteiger partial charge in [0.1, 0.15) is 0 Å². The fourth-order valence-electron chi connectivity index (χ4n) is 3.47. The van der Waals surface area contributed by atoms with Gasteiger partial charge in [-0.25, -0.2) is 0 Å². The molecule has 1 saturated carbocycles. The van der Waals surface area contributed by atoms with E-state index in [4.69, 9.17) is 0 Å². The van der Waals surface area contributed by atoms with Crippen LogP contribution < -0.4 is 5.32 Å². The van der Waals surface area contributed by atoms with Gasteiger partial charge in [-0.15, -0.1) is 0 Å². The molecule has 0 aliphatic heterocycles. The molecule has 0 aromatic heterocycles. The Labute approximate surface area is 100 Å². The molecule has 0 bridgehead atoms. The van der Waals surface area contributed by atoms with Gasteiger partial charge in [-0.3, -0.25) is 4.79 Å². The maximum Gasteiger partial charge on any atom is 0.217 e. The van der Waals surface area contributed by atoms with Gasteiger partial charge in [0.2, 0.25) is 5.91 Å². The van der Waals surface area contributed by atoms with Crippen molar-refractivity contribution in [3.05, 3.63) is 0 Å². The maximum atomic E-state index is 11.2. The summed E-state index contributed by atoms with van der Waals surface area (Å²) >= 11 is 0. The average Bonchev–Trinajstić information content (AvgIpc) is 2.16. The Morgan fingerprint density at radius 3 is 2.25 bits per heavy atom. The predicted molar refractivity (Wildman–Crippen MR) is 68.2 cm³/mol. The Balaban J connectivity index is 2.75. The second-order valence-corrected chi connectivity index (χ2v) is 6.04. The second kappa shape index (κ2) is 5.20. The summed E-state index contributed by atoms with van der Waals surface area (Å²) in [7, 11) is 0. The van der Waals surface area contributed by atoms with Crippen LogP contribution in [0.25, 0.3) is 0 Å². The zero-order valence-electron chi connectivity index (χ0n) is 11.5. The molecule has 0 aromatic carbocycles. The molecular formula is C14H27NO. The summed E-state index contributed by atoms with van der Waals surface area (Å²) in [6.45, 7) is 10.9. The molecule has 0 heterocycles. The van der Waals surface area contributed by atoms with Crippen LogP contribution >= 0.6 is 0 Å². The van der Waals surface area contributed by atoms with E-state index >= 15 is 0 Å². The predicted octanol–water partition coefficient (Wildman–Crippen LogP) is 3.36. The summed E-state index contributed by atoms with van der Waals surface area (Å²) in [6, 6.07) is 0.399. The quantitative estimate of drug-likeness (QED) is 0.784. The molecule has 0 radical (unpaired) electrons. The zero-order valence-corrected chi connectivity index (χ0v) is 11.5. The highest BCUT2D eigenvalue weighted by Gasteiger charge is 2.41.